The Kier molecular flexibility index (Phi) is 3.61. The zero-order valence-corrected chi connectivity index (χ0v) is 10.5. The first-order valence-corrected chi connectivity index (χ1v) is 5.74. The van der Waals surface area contributed by atoms with Crippen molar-refractivity contribution in [1.29, 1.82) is 0 Å². The molecule has 0 aliphatic rings. The number of benzene rings is 1. The first-order chi connectivity index (χ1) is 9.04. The van der Waals surface area contributed by atoms with Crippen LogP contribution in [0.1, 0.15) is 5.56 Å². The van der Waals surface area contributed by atoms with Crippen molar-refractivity contribution in [2.75, 3.05) is 11.1 Å². The Bertz CT molecular complexity index is 646. The van der Waals surface area contributed by atoms with Gasteiger partial charge in [0.2, 0.25) is 5.91 Å². The summed E-state index contributed by atoms with van der Waals surface area (Å²) in [7, 11) is 0. The van der Waals surface area contributed by atoms with Gasteiger partial charge in [0.1, 0.15) is 6.54 Å². The molecule has 0 aliphatic heterocycles. The number of carbonyl (C=O) groups is 1. The number of hydrogen-bond donors (Lipinski definition) is 2. The molecular weight excluding hydrogens is 244 g/mol. The fourth-order valence-electron chi connectivity index (χ4n) is 1.55. The number of anilines is 2. The van der Waals surface area contributed by atoms with Crippen LogP contribution < -0.4 is 16.6 Å². The normalized spacial score (nSPS) is 10.2. The lowest BCUT2D eigenvalue weighted by Gasteiger charge is -2.06. The van der Waals surface area contributed by atoms with E-state index in [1.165, 1.54) is 12.3 Å². The van der Waals surface area contributed by atoms with E-state index in [9.17, 15) is 9.59 Å². The van der Waals surface area contributed by atoms with Crippen molar-refractivity contribution < 1.29 is 4.79 Å². The first kappa shape index (κ1) is 12.8. The van der Waals surface area contributed by atoms with E-state index in [2.05, 4.69) is 10.4 Å². The molecule has 1 heterocycles. The summed E-state index contributed by atoms with van der Waals surface area (Å²) in [6.07, 6.45) is 1.54. The maximum atomic E-state index is 11.8. The number of nitrogens with zero attached hydrogens (tertiary/aromatic N) is 2. The summed E-state index contributed by atoms with van der Waals surface area (Å²) < 4.78 is 1.11. The second kappa shape index (κ2) is 5.34. The average molecular weight is 258 g/mol. The molecule has 0 saturated carbocycles. The average Bonchev–Trinajstić information content (AvgIpc) is 2.36. The highest BCUT2D eigenvalue weighted by Gasteiger charge is 2.06. The van der Waals surface area contributed by atoms with Gasteiger partial charge in [-0.3, -0.25) is 9.59 Å². The molecule has 0 fully saturated rings. The van der Waals surface area contributed by atoms with E-state index in [0.29, 0.717) is 11.4 Å². The third-order valence-electron chi connectivity index (χ3n) is 2.49. The number of nitrogen functional groups attached to an aromatic ring is 1. The molecule has 0 bridgehead atoms. The molecule has 3 N–H and O–H groups in total. The largest absolute Gasteiger partial charge is 0.399 e. The van der Waals surface area contributed by atoms with Crippen molar-refractivity contribution >= 4 is 17.3 Å². The molecular formula is C13H14N4O2. The smallest absolute Gasteiger partial charge is 0.267 e. The predicted octanol–water partition coefficient (Wildman–Crippen LogP) is 0.773. The number of hydrogen-bond acceptors (Lipinski definition) is 4. The molecule has 0 spiro atoms. The third kappa shape index (κ3) is 3.41. The Morgan fingerprint density at radius 2 is 2.05 bits per heavy atom. The summed E-state index contributed by atoms with van der Waals surface area (Å²) in [6, 6.07) is 8.19. The number of rotatable bonds is 3. The van der Waals surface area contributed by atoms with Crippen LogP contribution in [0.5, 0.6) is 0 Å². The van der Waals surface area contributed by atoms with Gasteiger partial charge in [0.25, 0.3) is 5.56 Å². The summed E-state index contributed by atoms with van der Waals surface area (Å²) in [5.41, 5.74) is 7.26. The first-order valence-electron chi connectivity index (χ1n) is 5.74. The molecule has 0 atom stereocenters. The van der Waals surface area contributed by atoms with Crippen LogP contribution in [0, 0.1) is 6.92 Å². The van der Waals surface area contributed by atoms with Crippen LogP contribution in [0.25, 0.3) is 0 Å². The van der Waals surface area contributed by atoms with Crippen LogP contribution in [0.4, 0.5) is 11.4 Å². The van der Waals surface area contributed by atoms with E-state index >= 15 is 0 Å². The molecule has 98 valence electrons. The quantitative estimate of drug-likeness (QED) is 0.796. The van der Waals surface area contributed by atoms with Gasteiger partial charge in [-0.2, -0.15) is 5.10 Å². The minimum Gasteiger partial charge on any atom is -0.399 e. The topological polar surface area (TPSA) is 90.0 Å². The fourth-order valence-corrected chi connectivity index (χ4v) is 1.55. The zero-order chi connectivity index (χ0) is 13.8. The van der Waals surface area contributed by atoms with E-state index in [4.69, 9.17) is 5.73 Å². The SMILES string of the molecule is Cc1cnn(CC(=O)Nc2ccc(N)cc2)c(=O)c1. The van der Waals surface area contributed by atoms with Crippen molar-refractivity contribution in [3.8, 4) is 0 Å². The maximum Gasteiger partial charge on any atom is 0.267 e. The summed E-state index contributed by atoms with van der Waals surface area (Å²) >= 11 is 0. The Balaban J connectivity index is 2.05. The number of amides is 1. The molecule has 2 aromatic rings. The Labute approximate surface area is 109 Å². The summed E-state index contributed by atoms with van der Waals surface area (Å²) in [5, 5.41) is 6.56. The number of aryl methyl sites for hydroxylation is 1. The molecule has 0 unspecified atom stereocenters. The predicted molar refractivity (Wildman–Crippen MR) is 72.7 cm³/mol. The standard InChI is InChI=1S/C13H14N4O2/c1-9-6-13(19)17(15-7-9)8-12(18)16-11-4-2-10(14)3-5-11/h2-7H,8,14H2,1H3,(H,16,18). The number of carbonyl (C=O) groups excluding carboxylic acids is 1. The third-order valence-corrected chi connectivity index (χ3v) is 2.49. The van der Waals surface area contributed by atoms with E-state index in [1.54, 1.807) is 31.2 Å². The van der Waals surface area contributed by atoms with Crippen molar-refractivity contribution in [2.45, 2.75) is 13.5 Å². The molecule has 0 radical (unpaired) electrons. The van der Waals surface area contributed by atoms with Crippen LogP contribution in [-0.2, 0) is 11.3 Å². The second-order valence-electron chi connectivity index (χ2n) is 4.20. The lowest BCUT2D eigenvalue weighted by atomic mass is 10.3. The fraction of sp³-hybridized carbons (Fsp3) is 0.154. The molecule has 0 saturated heterocycles. The van der Waals surface area contributed by atoms with E-state index < -0.39 is 0 Å². The lowest BCUT2D eigenvalue weighted by Crippen LogP contribution is -2.29. The number of nitrogens with one attached hydrogen (secondary N) is 1. The van der Waals surface area contributed by atoms with Gasteiger partial charge >= 0.3 is 0 Å². The molecule has 1 aromatic carbocycles. The molecule has 6 heteroatoms. The minimum absolute atomic E-state index is 0.122. The Morgan fingerprint density at radius 1 is 1.37 bits per heavy atom. The van der Waals surface area contributed by atoms with Gasteiger partial charge in [0.15, 0.2) is 0 Å². The highest BCUT2D eigenvalue weighted by atomic mass is 16.2. The molecule has 0 aliphatic carbocycles. The van der Waals surface area contributed by atoms with Crippen molar-refractivity contribution in [3.63, 3.8) is 0 Å². The highest BCUT2D eigenvalue weighted by Crippen LogP contribution is 2.10. The van der Waals surface area contributed by atoms with Crippen LogP contribution in [0.3, 0.4) is 0 Å². The molecule has 1 aromatic heterocycles. The van der Waals surface area contributed by atoms with Gasteiger partial charge in [0, 0.05) is 17.4 Å². The zero-order valence-electron chi connectivity index (χ0n) is 10.5. The molecule has 6 nitrogen and oxygen atoms in total. The Morgan fingerprint density at radius 3 is 2.68 bits per heavy atom. The minimum atomic E-state index is -0.316. The van der Waals surface area contributed by atoms with Crippen molar-refractivity contribution in [1.82, 2.24) is 9.78 Å². The van der Waals surface area contributed by atoms with E-state index in [0.717, 1.165) is 10.2 Å². The van der Waals surface area contributed by atoms with Crippen molar-refractivity contribution in [2.24, 2.45) is 0 Å². The van der Waals surface area contributed by atoms with Gasteiger partial charge < -0.3 is 11.1 Å². The molecule has 1 amide bonds. The van der Waals surface area contributed by atoms with Gasteiger partial charge in [0.05, 0.1) is 6.20 Å². The summed E-state index contributed by atoms with van der Waals surface area (Å²) in [6.45, 7) is 1.65. The summed E-state index contributed by atoms with van der Waals surface area (Å²) in [5.74, 6) is -0.316. The van der Waals surface area contributed by atoms with Gasteiger partial charge in [-0.05, 0) is 36.8 Å². The highest BCUT2D eigenvalue weighted by molar-refractivity contribution is 5.90. The Hall–Kier alpha value is -2.63. The van der Waals surface area contributed by atoms with Gasteiger partial charge in [-0.1, -0.05) is 0 Å². The monoisotopic (exact) mass is 258 g/mol. The van der Waals surface area contributed by atoms with Crippen LogP contribution in [-0.4, -0.2) is 15.7 Å². The lowest BCUT2D eigenvalue weighted by molar-refractivity contribution is -0.117. The van der Waals surface area contributed by atoms with E-state index in [1.807, 2.05) is 0 Å². The molecule has 2 rings (SSSR count). The van der Waals surface area contributed by atoms with Crippen LogP contribution >= 0.6 is 0 Å². The number of aromatic nitrogens is 2. The number of nitrogens with two attached hydrogens (primary N) is 1. The van der Waals surface area contributed by atoms with Gasteiger partial charge in [-0.15, -0.1) is 0 Å². The maximum absolute atomic E-state index is 11.8. The van der Waals surface area contributed by atoms with Gasteiger partial charge in [-0.25, -0.2) is 4.68 Å². The van der Waals surface area contributed by atoms with Crippen LogP contribution in [0.15, 0.2) is 41.3 Å². The molecule has 19 heavy (non-hydrogen) atoms. The van der Waals surface area contributed by atoms with Crippen molar-refractivity contribution in [3.05, 3.63) is 52.4 Å². The van der Waals surface area contributed by atoms with Crippen LogP contribution in [0.2, 0.25) is 0 Å². The van der Waals surface area contributed by atoms with E-state index in [-0.39, 0.29) is 18.0 Å². The summed E-state index contributed by atoms with van der Waals surface area (Å²) in [4.78, 5) is 23.3. The second-order valence-corrected chi connectivity index (χ2v) is 4.20.